The zero-order valence-electron chi connectivity index (χ0n) is 10.3. The van der Waals surface area contributed by atoms with Crippen LogP contribution in [0.5, 0.6) is 0 Å². The summed E-state index contributed by atoms with van der Waals surface area (Å²) in [5.74, 6) is 0.494. The number of H-pyrrole nitrogens is 1. The van der Waals surface area contributed by atoms with Gasteiger partial charge in [0, 0.05) is 11.3 Å². The molecule has 3 rings (SSSR count). The molecule has 18 heavy (non-hydrogen) atoms. The summed E-state index contributed by atoms with van der Waals surface area (Å²) >= 11 is 1.92. The van der Waals surface area contributed by atoms with Crippen LogP contribution < -0.4 is 5.32 Å². The third-order valence-electron chi connectivity index (χ3n) is 3.72. The standard InChI is InChI=1S/C13H16FN3S/c1-18-13(5-2-6-13)8-15-12-16-10-4-3-9(14)7-11(10)17-12/h3-4,7H,2,5-6,8H2,1H3,(H2,15,16,17). The van der Waals surface area contributed by atoms with Gasteiger partial charge in [0.05, 0.1) is 11.0 Å². The van der Waals surface area contributed by atoms with Crippen molar-refractivity contribution < 1.29 is 4.39 Å². The van der Waals surface area contributed by atoms with E-state index in [0.717, 1.165) is 23.5 Å². The number of aromatic nitrogens is 2. The largest absolute Gasteiger partial charge is 0.354 e. The summed E-state index contributed by atoms with van der Waals surface area (Å²) in [5, 5.41) is 3.34. The van der Waals surface area contributed by atoms with Crippen molar-refractivity contribution in [1.29, 1.82) is 0 Å². The predicted molar refractivity (Wildman–Crippen MR) is 74.6 cm³/mol. The molecule has 1 aliphatic carbocycles. The average molecular weight is 265 g/mol. The number of hydrogen-bond donors (Lipinski definition) is 2. The number of halogens is 1. The Labute approximate surface area is 110 Å². The summed E-state index contributed by atoms with van der Waals surface area (Å²) in [6.07, 6.45) is 5.99. The van der Waals surface area contributed by atoms with E-state index in [4.69, 9.17) is 0 Å². The van der Waals surface area contributed by atoms with Gasteiger partial charge in [-0.25, -0.2) is 9.37 Å². The van der Waals surface area contributed by atoms with Crippen molar-refractivity contribution in [2.75, 3.05) is 18.1 Å². The van der Waals surface area contributed by atoms with Crippen molar-refractivity contribution in [2.24, 2.45) is 0 Å². The zero-order valence-corrected chi connectivity index (χ0v) is 11.1. The summed E-state index contributed by atoms with van der Waals surface area (Å²) in [7, 11) is 0. The highest BCUT2D eigenvalue weighted by Crippen LogP contribution is 2.42. The number of fused-ring (bicyclic) bond motifs is 1. The van der Waals surface area contributed by atoms with Gasteiger partial charge in [-0.15, -0.1) is 0 Å². The quantitative estimate of drug-likeness (QED) is 0.890. The third-order valence-corrected chi connectivity index (χ3v) is 5.14. The Morgan fingerprint density at radius 1 is 1.50 bits per heavy atom. The van der Waals surface area contributed by atoms with Crippen LogP contribution in [0.15, 0.2) is 18.2 Å². The lowest BCUT2D eigenvalue weighted by molar-refractivity contribution is 0.379. The summed E-state index contributed by atoms with van der Waals surface area (Å²) in [6, 6.07) is 4.60. The van der Waals surface area contributed by atoms with Gasteiger partial charge in [-0.05, 0) is 37.3 Å². The molecular weight excluding hydrogens is 249 g/mol. The summed E-state index contributed by atoms with van der Waals surface area (Å²) in [5.41, 5.74) is 1.54. The van der Waals surface area contributed by atoms with E-state index in [0.29, 0.717) is 4.75 Å². The second-order valence-corrected chi connectivity index (χ2v) is 6.12. The van der Waals surface area contributed by atoms with E-state index < -0.39 is 0 Å². The van der Waals surface area contributed by atoms with E-state index >= 15 is 0 Å². The number of imidazole rings is 1. The number of nitrogens with zero attached hydrogens (tertiary/aromatic N) is 1. The first-order chi connectivity index (χ1) is 8.71. The molecule has 0 unspecified atom stereocenters. The van der Waals surface area contributed by atoms with Crippen LogP contribution in [0, 0.1) is 5.82 Å². The lowest BCUT2D eigenvalue weighted by Gasteiger charge is -2.40. The second-order valence-electron chi connectivity index (χ2n) is 4.84. The molecule has 1 aromatic heterocycles. The molecule has 96 valence electrons. The Morgan fingerprint density at radius 3 is 3.00 bits per heavy atom. The van der Waals surface area contributed by atoms with Gasteiger partial charge in [0.25, 0.3) is 0 Å². The minimum Gasteiger partial charge on any atom is -0.354 e. The fraction of sp³-hybridized carbons (Fsp3) is 0.462. The average Bonchev–Trinajstić information content (AvgIpc) is 2.70. The van der Waals surface area contributed by atoms with E-state index in [1.54, 1.807) is 6.07 Å². The highest BCUT2D eigenvalue weighted by Gasteiger charge is 2.35. The molecule has 1 aliphatic rings. The number of benzene rings is 1. The maximum absolute atomic E-state index is 13.1. The van der Waals surface area contributed by atoms with Crippen molar-refractivity contribution in [3.63, 3.8) is 0 Å². The van der Waals surface area contributed by atoms with Crippen LogP contribution in [-0.2, 0) is 0 Å². The molecule has 2 aromatic rings. The van der Waals surface area contributed by atoms with Gasteiger partial charge in [-0.1, -0.05) is 6.42 Å². The molecule has 2 N–H and O–H groups in total. The lowest BCUT2D eigenvalue weighted by Crippen LogP contribution is -2.40. The molecule has 0 aliphatic heterocycles. The van der Waals surface area contributed by atoms with Gasteiger partial charge in [0.1, 0.15) is 5.82 Å². The van der Waals surface area contributed by atoms with Crippen LogP contribution in [0.3, 0.4) is 0 Å². The molecule has 1 saturated carbocycles. The van der Waals surface area contributed by atoms with Gasteiger partial charge in [-0.2, -0.15) is 11.8 Å². The molecular formula is C13H16FN3S. The lowest BCUT2D eigenvalue weighted by atomic mass is 9.84. The molecule has 0 saturated heterocycles. The number of anilines is 1. The Balaban J connectivity index is 1.74. The number of rotatable bonds is 4. The van der Waals surface area contributed by atoms with Crippen molar-refractivity contribution in [3.8, 4) is 0 Å². The highest BCUT2D eigenvalue weighted by atomic mass is 32.2. The van der Waals surface area contributed by atoms with Gasteiger partial charge in [-0.3, -0.25) is 0 Å². The SMILES string of the molecule is CSC1(CNc2nc3ccc(F)cc3[nH]2)CCC1. The Morgan fingerprint density at radius 2 is 2.33 bits per heavy atom. The first kappa shape index (κ1) is 11.8. The molecule has 0 radical (unpaired) electrons. The maximum Gasteiger partial charge on any atom is 0.201 e. The number of hydrogen-bond acceptors (Lipinski definition) is 3. The van der Waals surface area contributed by atoms with Crippen LogP contribution in [0.4, 0.5) is 10.3 Å². The third kappa shape index (κ3) is 2.07. The minimum absolute atomic E-state index is 0.239. The van der Waals surface area contributed by atoms with Crippen LogP contribution >= 0.6 is 11.8 Å². The maximum atomic E-state index is 13.1. The molecule has 3 nitrogen and oxygen atoms in total. The number of thioether (sulfide) groups is 1. The summed E-state index contributed by atoms with van der Waals surface area (Å²) in [4.78, 5) is 7.52. The first-order valence-electron chi connectivity index (χ1n) is 6.15. The Kier molecular flexibility index (Phi) is 2.93. The summed E-state index contributed by atoms with van der Waals surface area (Å²) < 4.78 is 13.4. The van der Waals surface area contributed by atoms with E-state index in [-0.39, 0.29) is 5.82 Å². The van der Waals surface area contributed by atoms with Gasteiger partial charge in [0.15, 0.2) is 0 Å². The number of aromatic amines is 1. The molecule has 1 fully saturated rings. The molecule has 5 heteroatoms. The smallest absolute Gasteiger partial charge is 0.201 e. The highest BCUT2D eigenvalue weighted by molar-refractivity contribution is 8.00. The fourth-order valence-corrected chi connectivity index (χ4v) is 3.25. The van der Waals surface area contributed by atoms with E-state index in [9.17, 15) is 4.39 Å². The molecule has 0 spiro atoms. The van der Waals surface area contributed by atoms with Crippen molar-refractivity contribution in [1.82, 2.24) is 9.97 Å². The summed E-state index contributed by atoms with van der Waals surface area (Å²) in [6.45, 7) is 0.913. The zero-order chi connectivity index (χ0) is 12.6. The first-order valence-corrected chi connectivity index (χ1v) is 7.38. The van der Waals surface area contributed by atoms with Crippen LogP contribution in [0.1, 0.15) is 19.3 Å². The Bertz CT molecular complexity index is 557. The topological polar surface area (TPSA) is 40.7 Å². The Hall–Kier alpha value is -1.23. The van der Waals surface area contributed by atoms with Crippen molar-refractivity contribution >= 4 is 28.7 Å². The van der Waals surface area contributed by atoms with E-state index in [2.05, 4.69) is 21.5 Å². The second kappa shape index (κ2) is 4.46. The van der Waals surface area contributed by atoms with E-state index in [1.165, 1.54) is 31.4 Å². The molecule has 1 heterocycles. The monoisotopic (exact) mass is 265 g/mol. The molecule has 1 aromatic carbocycles. The normalized spacial score (nSPS) is 17.7. The molecule has 0 atom stereocenters. The minimum atomic E-state index is -0.239. The predicted octanol–water partition coefficient (Wildman–Crippen LogP) is 3.40. The van der Waals surface area contributed by atoms with Gasteiger partial charge in [0.2, 0.25) is 5.95 Å². The van der Waals surface area contributed by atoms with Crippen LogP contribution in [0.2, 0.25) is 0 Å². The molecule has 0 amide bonds. The number of nitrogens with one attached hydrogen (secondary N) is 2. The van der Waals surface area contributed by atoms with Gasteiger partial charge >= 0.3 is 0 Å². The molecule has 0 bridgehead atoms. The van der Waals surface area contributed by atoms with Crippen LogP contribution in [0.25, 0.3) is 11.0 Å². The fourth-order valence-electron chi connectivity index (χ4n) is 2.33. The van der Waals surface area contributed by atoms with Gasteiger partial charge < -0.3 is 10.3 Å². The van der Waals surface area contributed by atoms with E-state index in [1.807, 2.05) is 11.8 Å². The van der Waals surface area contributed by atoms with Crippen molar-refractivity contribution in [3.05, 3.63) is 24.0 Å². The van der Waals surface area contributed by atoms with Crippen molar-refractivity contribution in [2.45, 2.75) is 24.0 Å². The van der Waals surface area contributed by atoms with Crippen LogP contribution in [-0.4, -0.2) is 27.5 Å².